The van der Waals surface area contributed by atoms with Gasteiger partial charge in [0.05, 0.1) is 0 Å². The number of carbonyl (C=O) groups is 1. The minimum atomic E-state index is -0.0276. The Kier molecular flexibility index (Phi) is 4.63. The van der Waals surface area contributed by atoms with Crippen molar-refractivity contribution in [1.82, 2.24) is 10.3 Å². The van der Waals surface area contributed by atoms with Crippen molar-refractivity contribution in [3.63, 3.8) is 0 Å². The Morgan fingerprint density at radius 2 is 2.15 bits per heavy atom. The molecule has 1 saturated carbocycles. The molecule has 2 rings (SSSR count). The van der Waals surface area contributed by atoms with Crippen LogP contribution in [0, 0.1) is 11.8 Å². The first-order valence-electron chi connectivity index (χ1n) is 7.57. The van der Waals surface area contributed by atoms with Crippen LogP contribution in [0.4, 0.5) is 5.82 Å². The first kappa shape index (κ1) is 14.8. The number of hydrogen-bond donors (Lipinski definition) is 2. The average molecular weight is 275 g/mol. The Bertz CT molecular complexity index is 487. The first-order chi connectivity index (χ1) is 9.49. The molecule has 0 spiro atoms. The maximum atomic E-state index is 12.4. The van der Waals surface area contributed by atoms with Crippen LogP contribution in [0.25, 0.3) is 0 Å². The summed E-state index contributed by atoms with van der Waals surface area (Å²) in [5.74, 6) is 1.69. The quantitative estimate of drug-likeness (QED) is 0.891. The van der Waals surface area contributed by atoms with Gasteiger partial charge in [-0.25, -0.2) is 4.98 Å². The Balaban J connectivity index is 2.06. The fourth-order valence-corrected chi connectivity index (χ4v) is 3.05. The minimum absolute atomic E-state index is 0.0276. The molecule has 1 aromatic heterocycles. The van der Waals surface area contributed by atoms with E-state index in [0.717, 1.165) is 24.5 Å². The van der Waals surface area contributed by atoms with E-state index in [-0.39, 0.29) is 11.9 Å². The highest BCUT2D eigenvalue weighted by molar-refractivity contribution is 5.95. The minimum Gasteiger partial charge on any atom is -0.384 e. The second-order valence-electron chi connectivity index (χ2n) is 6.10. The second-order valence-corrected chi connectivity index (χ2v) is 6.10. The monoisotopic (exact) mass is 275 g/mol. The van der Waals surface area contributed by atoms with Crippen LogP contribution in [0.15, 0.2) is 12.1 Å². The van der Waals surface area contributed by atoms with Gasteiger partial charge >= 0.3 is 0 Å². The van der Waals surface area contributed by atoms with Crippen LogP contribution < -0.4 is 11.1 Å². The molecule has 1 fully saturated rings. The Labute approximate surface area is 121 Å². The molecule has 4 heteroatoms. The van der Waals surface area contributed by atoms with Crippen molar-refractivity contribution in [2.75, 3.05) is 5.73 Å². The molecule has 3 unspecified atom stereocenters. The van der Waals surface area contributed by atoms with Crippen LogP contribution in [-0.4, -0.2) is 16.9 Å². The summed E-state index contributed by atoms with van der Waals surface area (Å²) in [6.07, 6.45) is 4.22. The molecule has 4 nitrogen and oxygen atoms in total. The summed E-state index contributed by atoms with van der Waals surface area (Å²) in [7, 11) is 0. The van der Waals surface area contributed by atoms with Crippen LogP contribution >= 0.6 is 0 Å². The summed E-state index contributed by atoms with van der Waals surface area (Å²) >= 11 is 0. The van der Waals surface area contributed by atoms with Gasteiger partial charge in [-0.2, -0.15) is 0 Å². The summed E-state index contributed by atoms with van der Waals surface area (Å²) < 4.78 is 0. The van der Waals surface area contributed by atoms with Crippen molar-refractivity contribution in [2.45, 2.75) is 52.5 Å². The topological polar surface area (TPSA) is 68.0 Å². The smallest absolute Gasteiger partial charge is 0.251 e. The first-order valence-corrected chi connectivity index (χ1v) is 7.57. The Morgan fingerprint density at radius 1 is 1.40 bits per heavy atom. The summed E-state index contributed by atoms with van der Waals surface area (Å²) in [6, 6.07) is 3.77. The van der Waals surface area contributed by atoms with Crippen LogP contribution in [0.3, 0.4) is 0 Å². The molecule has 3 atom stereocenters. The van der Waals surface area contributed by atoms with E-state index in [9.17, 15) is 4.79 Å². The van der Waals surface area contributed by atoms with Crippen molar-refractivity contribution in [3.8, 4) is 0 Å². The van der Waals surface area contributed by atoms with Crippen LogP contribution in [0.2, 0.25) is 0 Å². The van der Waals surface area contributed by atoms with Crippen LogP contribution in [-0.2, 0) is 6.42 Å². The van der Waals surface area contributed by atoms with E-state index in [1.807, 2.05) is 13.0 Å². The number of nitrogens with one attached hydrogen (secondary N) is 1. The molecule has 1 aliphatic carbocycles. The Hall–Kier alpha value is -1.58. The second kappa shape index (κ2) is 6.25. The van der Waals surface area contributed by atoms with Gasteiger partial charge in [-0.3, -0.25) is 4.79 Å². The van der Waals surface area contributed by atoms with Crippen LogP contribution in [0.5, 0.6) is 0 Å². The number of nitrogens with zero attached hydrogens (tertiary/aromatic N) is 1. The van der Waals surface area contributed by atoms with Crippen molar-refractivity contribution in [1.29, 1.82) is 0 Å². The van der Waals surface area contributed by atoms with Crippen molar-refractivity contribution in [3.05, 3.63) is 23.4 Å². The van der Waals surface area contributed by atoms with Gasteiger partial charge in [0.15, 0.2) is 0 Å². The number of carbonyl (C=O) groups excluding carboxylic acids is 1. The molecule has 1 aromatic rings. The van der Waals surface area contributed by atoms with Gasteiger partial charge in [-0.15, -0.1) is 0 Å². The van der Waals surface area contributed by atoms with Crippen molar-refractivity contribution >= 4 is 11.7 Å². The molecular weight excluding hydrogens is 250 g/mol. The van der Waals surface area contributed by atoms with E-state index in [1.54, 1.807) is 6.07 Å². The summed E-state index contributed by atoms with van der Waals surface area (Å²) in [5, 5.41) is 3.16. The molecule has 0 aliphatic heterocycles. The standard InChI is InChI=1S/C16H25N3O/c1-4-13-8-12(9-15(17)18-13)16(20)19-14-6-5-10(2)7-11(14)3/h8-11,14H,4-7H2,1-3H3,(H2,17,18)(H,19,20). The van der Waals surface area contributed by atoms with Gasteiger partial charge in [0.2, 0.25) is 0 Å². The van der Waals surface area contributed by atoms with Gasteiger partial charge in [0.25, 0.3) is 5.91 Å². The zero-order valence-electron chi connectivity index (χ0n) is 12.6. The maximum absolute atomic E-state index is 12.4. The average Bonchev–Trinajstić information content (AvgIpc) is 2.41. The molecule has 3 N–H and O–H groups in total. The molecular formula is C16H25N3O. The third-order valence-corrected chi connectivity index (χ3v) is 4.27. The van der Waals surface area contributed by atoms with E-state index in [4.69, 9.17) is 5.73 Å². The summed E-state index contributed by atoms with van der Waals surface area (Å²) in [5.41, 5.74) is 7.25. The van der Waals surface area contributed by atoms with E-state index in [2.05, 4.69) is 24.1 Å². The highest BCUT2D eigenvalue weighted by Crippen LogP contribution is 2.28. The number of anilines is 1. The molecule has 0 radical (unpaired) electrons. The van der Waals surface area contributed by atoms with Gasteiger partial charge in [0, 0.05) is 17.3 Å². The maximum Gasteiger partial charge on any atom is 0.251 e. The number of pyridine rings is 1. The molecule has 0 saturated heterocycles. The van der Waals surface area contributed by atoms with E-state index >= 15 is 0 Å². The van der Waals surface area contributed by atoms with Gasteiger partial charge in [-0.05, 0) is 49.7 Å². The fourth-order valence-electron chi connectivity index (χ4n) is 3.05. The highest BCUT2D eigenvalue weighted by atomic mass is 16.1. The van der Waals surface area contributed by atoms with Crippen molar-refractivity contribution < 1.29 is 4.79 Å². The molecule has 1 amide bonds. The SMILES string of the molecule is CCc1cc(C(=O)NC2CCC(C)CC2C)cc(N)n1. The van der Waals surface area contributed by atoms with E-state index in [0.29, 0.717) is 17.3 Å². The predicted octanol–water partition coefficient (Wildman–Crippen LogP) is 2.78. The molecule has 110 valence electrons. The molecule has 1 heterocycles. The lowest BCUT2D eigenvalue weighted by Gasteiger charge is -2.33. The van der Waals surface area contributed by atoms with Gasteiger partial charge < -0.3 is 11.1 Å². The lowest BCUT2D eigenvalue weighted by atomic mass is 9.80. The lowest BCUT2D eigenvalue weighted by molar-refractivity contribution is 0.0899. The molecule has 1 aliphatic rings. The zero-order valence-corrected chi connectivity index (χ0v) is 12.6. The van der Waals surface area contributed by atoms with Gasteiger partial charge in [-0.1, -0.05) is 20.8 Å². The predicted molar refractivity (Wildman–Crippen MR) is 81.5 cm³/mol. The normalized spacial score (nSPS) is 26.2. The number of nitrogen functional groups attached to an aromatic ring is 1. The number of rotatable bonds is 3. The van der Waals surface area contributed by atoms with E-state index < -0.39 is 0 Å². The Morgan fingerprint density at radius 3 is 2.80 bits per heavy atom. The summed E-state index contributed by atoms with van der Waals surface area (Å²) in [6.45, 7) is 6.51. The number of nitrogens with two attached hydrogens (primary N) is 1. The van der Waals surface area contributed by atoms with Crippen LogP contribution in [0.1, 0.15) is 56.1 Å². The number of hydrogen-bond acceptors (Lipinski definition) is 3. The lowest BCUT2D eigenvalue weighted by Crippen LogP contribution is -2.42. The largest absolute Gasteiger partial charge is 0.384 e. The zero-order chi connectivity index (χ0) is 14.7. The number of aryl methyl sites for hydroxylation is 1. The molecule has 0 bridgehead atoms. The van der Waals surface area contributed by atoms with Gasteiger partial charge in [0.1, 0.15) is 5.82 Å². The van der Waals surface area contributed by atoms with E-state index in [1.165, 1.54) is 12.8 Å². The molecule has 0 aromatic carbocycles. The summed E-state index contributed by atoms with van der Waals surface area (Å²) in [4.78, 5) is 16.6. The third kappa shape index (κ3) is 3.50. The number of amides is 1. The number of aromatic nitrogens is 1. The molecule has 20 heavy (non-hydrogen) atoms. The van der Waals surface area contributed by atoms with Crippen molar-refractivity contribution in [2.24, 2.45) is 11.8 Å². The highest BCUT2D eigenvalue weighted by Gasteiger charge is 2.26. The fraction of sp³-hybridized carbons (Fsp3) is 0.625. The third-order valence-electron chi connectivity index (χ3n) is 4.27.